The van der Waals surface area contributed by atoms with E-state index in [1.165, 1.54) is 0 Å². The summed E-state index contributed by atoms with van der Waals surface area (Å²) in [4.78, 5) is 15.7. The van der Waals surface area contributed by atoms with Crippen LogP contribution in [0.4, 0.5) is 10.6 Å². The van der Waals surface area contributed by atoms with Crippen molar-refractivity contribution in [1.82, 2.24) is 20.1 Å². The fourth-order valence-electron chi connectivity index (χ4n) is 1.46. The normalized spacial score (nSPS) is 10.5. The highest BCUT2D eigenvalue weighted by molar-refractivity contribution is 9.10. The van der Waals surface area contributed by atoms with Gasteiger partial charge in [-0.3, -0.25) is 10.00 Å². The van der Waals surface area contributed by atoms with E-state index in [0.29, 0.717) is 16.3 Å². The van der Waals surface area contributed by atoms with Crippen LogP contribution < -0.4 is 10.6 Å². The molecule has 0 aromatic carbocycles. The molecule has 2 aromatic rings. The molecule has 8 heteroatoms. The molecule has 0 spiro atoms. The molecule has 7 nitrogen and oxygen atoms in total. The first kappa shape index (κ1) is 13.6. The second kappa shape index (κ2) is 5.87. The number of hydrogen-bond donors (Lipinski definition) is 2. The Labute approximate surface area is 118 Å². The first-order valence-electron chi connectivity index (χ1n) is 5.76. The lowest BCUT2D eigenvalue weighted by Crippen LogP contribution is -2.29. The molecular formula is C11H14BrN5O2. The predicted molar refractivity (Wildman–Crippen MR) is 72.6 cm³/mol. The van der Waals surface area contributed by atoms with Crippen LogP contribution in [-0.2, 0) is 20.0 Å². The van der Waals surface area contributed by atoms with Crippen LogP contribution in [0.2, 0.25) is 0 Å². The van der Waals surface area contributed by atoms with Crippen molar-refractivity contribution >= 4 is 27.8 Å². The van der Waals surface area contributed by atoms with E-state index in [-0.39, 0.29) is 12.6 Å². The van der Waals surface area contributed by atoms with Gasteiger partial charge >= 0.3 is 6.03 Å². The number of carbonyl (C=O) groups is 1. The third kappa shape index (κ3) is 3.57. The number of aromatic nitrogens is 3. The fraction of sp³-hybridized carbons (Fsp3) is 0.364. The zero-order valence-corrected chi connectivity index (χ0v) is 12.2. The van der Waals surface area contributed by atoms with Crippen LogP contribution in [0.25, 0.3) is 0 Å². The van der Waals surface area contributed by atoms with Crippen LogP contribution in [0.15, 0.2) is 21.3 Å². The van der Waals surface area contributed by atoms with Gasteiger partial charge in [0.2, 0.25) is 5.89 Å². The zero-order chi connectivity index (χ0) is 13.8. The van der Waals surface area contributed by atoms with Gasteiger partial charge in [-0.15, -0.1) is 0 Å². The average Bonchev–Trinajstić information content (AvgIpc) is 2.94. The summed E-state index contributed by atoms with van der Waals surface area (Å²) in [5.41, 5.74) is 0. The molecule has 0 bridgehead atoms. The smallest absolute Gasteiger partial charge is 0.320 e. The highest BCUT2D eigenvalue weighted by Gasteiger charge is 2.08. The summed E-state index contributed by atoms with van der Waals surface area (Å²) in [6, 6.07) is 1.37. The lowest BCUT2D eigenvalue weighted by atomic mass is 10.4. The molecule has 0 saturated carbocycles. The van der Waals surface area contributed by atoms with Crippen LogP contribution in [-0.4, -0.2) is 20.8 Å². The summed E-state index contributed by atoms with van der Waals surface area (Å²) in [5.74, 6) is 1.87. The summed E-state index contributed by atoms with van der Waals surface area (Å²) in [5, 5.41) is 9.39. The third-order valence-corrected chi connectivity index (χ3v) is 2.83. The van der Waals surface area contributed by atoms with Gasteiger partial charge in [0, 0.05) is 19.5 Å². The molecule has 2 amide bonds. The van der Waals surface area contributed by atoms with Gasteiger partial charge in [0.15, 0.2) is 0 Å². The molecule has 0 aliphatic heterocycles. The Morgan fingerprint density at radius 3 is 2.95 bits per heavy atom. The molecule has 0 atom stereocenters. The minimum Gasteiger partial charge on any atom is -0.444 e. The maximum Gasteiger partial charge on any atom is 0.320 e. The van der Waals surface area contributed by atoms with Crippen molar-refractivity contribution in [2.75, 3.05) is 5.32 Å². The third-order valence-electron chi connectivity index (χ3n) is 2.44. The number of rotatable bonds is 4. The van der Waals surface area contributed by atoms with Gasteiger partial charge < -0.3 is 9.73 Å². The number of nitrogens with zero attached hydrogens (tertiary/aromatic N) is 3. The van der Waals surface area contributed by atoms with Crippen LogP contribution >= 0.6 is 15.9 Å². The van der Waals surface area contributed by atoms with Crippen molar-refractivity contribution in [2.45, 2.75) is 19.9 Å². The number of anilines is 1. The summed E-state index contributed by atoms with van der Waals surface area (Å²) >= 11 is 3.23. The highest BCUT2D eigenvalue weighted by atomic mass is 79.9. The van der Waals surface area contributed by atoms with Gasteiger partial charge in [-0.25, -0.2) is 9.78 Å². The predicted octanol–water partition coefficient (Wildman–Crippen LogP) is 2.05. The Kier molecular flexibility index (Phi) is 4.20. The van der Waals surface area contributed by atoms with E-state index >= 15 is 0 Å². The Morgan fingerprint density at radius 1 is 1.58 bits per heavy atom. The summed E-state index contributed by atoms with van der Waals surface area (Å²) in [6.07, 6.45) is 2.44. The Bertz CT molecular complexity index is 577. The molecule has 2 rings (SSSR count). The first-order valence-corrected chi connectivity index (χ1v) is 6.55. The van der Waals surface area contributed by atoms with Gasteiger partial charge in [0.05, 0.1) is 12.7 Å². The Balaban J connectivity index is 1.86. The standard InChI is InChI=1S/C11H14BrN5O2/c1-3-7-5-13-10(19-7)6-14-11(18)15-9-4-8(12)16-17(9)2/h4-5H,3,6H2,1-2H3,(H2,14,15,18). The largest absolute Gasteiger partial charge is 0.444 e. The van der Waals surface area contributed by atoms with Gasteiger partial charge in [-0.1, -0.05) is 6.92 Å². The van der Waals surface area contributed by atoms with E-state index in [1.807, 2.05) is 6.92 Å². The molecule has 0 radical (unpaired) electrons. The quantitative estimate of drug-likeness (QED) is 0.900. The number of halogens is 1. The molecule has 2 aromatic heterocycles. The molecule has 0 fully saturated rings. The van der Waals surface area contributed by atoms with Crippen LogP contribution in [0, 0.1) is 0 Å². The van der Waals surface area contributed by atoms with Gasteiger partial charge in [0.1, 0.15) is 16.2 Å². The Hall–Kier alpha value is -1.83. The lowest BCUT2D eigenvalue weighted by molar-refractivity contribution is 0.250. The maximum atomic E-state index is 11.7. The van der Waals surface area contributed by atoms with Crippen LogP contribution in [0.5, 0.6) is 0 Å². The van der Waals surface area contributed by atoms with Crippen LogP contribution in [0.3, 0.4) is 0 Å². The van der Waals surface area contributed by atoms with Crippen molar-refractivity contribution in [3.8, 4) is 0 Å². The van der Waals surface area contributed by atoms with Crippen LogP contribution in [0.1, 0.15) is 18.6 Å². The second-order valence-corrected chi connectivity index (χ2v) is 4.67. The number of oxazole rings is 1. The first-order chi connectivity index (χ1) is 9.08. The van der Waals surface area contributed by atoms with E-state index in [2.05, 4.69) is 36.6 Å². The van der Waals surface area contributed by atoms with Crippen molar-refractivity contribution in [1.29, 1.82) is 0 Å². The maximum absolute atomic E-state index is 11.7. The second-order valence-electron chi connectivity index (χ2n) is 3.86. The summed E-state index contributed by atoms with van der Waals surface area (Å²) in [7, 11) is 1.74. The van der Waals surface area contributed by atoms with Gasteiger partial charge in [0.25, 0.3) is 0 Å². The SMILES string of the molecule is CCc1cnc(CNC(=O)Nc2cc(Br)nn2C)o1. The number of carbonyl (C=O) groups excluding carboxylic acids is 1. The molecular weight excluding hydrogens is 314 g/mol. The molecule has 0 unspecified atom stereocenters. The number of urea groups is 1. The number of hydrogen-bond acceptors (Lipinski definition) is 4. The topological polar surface area (TPSA) is 85.0 Å². The average molecular weight is 328 g/mol. The molecule has 0 saturated heterocycles. The zero-order valence-electron chi connectivity index (χ0n) is 10.6. The molecule has 19 heavy (non-hydrogen) atoms. The van der Waals surface area contributed by atoms with E-state index in [9.17, 15) is 4.79 Å². The van der Waals surface area contributed by atoms with Crippen molar-refractivity contribution in [2.24, 2.45) is 7.05 Å². The van der Waals surface area contributed by atoms with Crippen molar-refractivity contribution in [3.63, 3.8) is 0 Å². The van der Waals surface area contributed by atoms with Gasteiger partial charge in [-0.05, 0) is 15.9 Å². The number of amides is 2. The molecule has 102 valence electrons. The molecule has 2 N–H and O–H groups in total. The number of nitrogens with one attached hydrogen (secondary N) is 2. The van der Waals surface area contributed by atoms with E-state index in [0.717, 1.165) is 12.2 Å². The number of aryl methyl sites for hydroxylation is 2. The molecule has 0 aliphatic rings. The van der Waals surface area contributed by atoms with Gasteiger partial charge in [-0.2, -0.15) is 5.10 Å². The van der Waals surface area contributed by atoms with E-state index in [1.54, 1.807) is 24.0 Å². The molecule has 2 heterocycles. The van der Waals surface area contributed by atoms with E-state index in [4.69, 9.17) is 4.42 Å². The van der Waals surface area contributed by atoms with Crippen molar-refractivity contribution in [3.05, 3.63) is 28.5 Å². The highest BCUT2D eigenvalue weighted by Crippen LogP contribution is 2.13. The minimum absolute atomic E-state index is 0.241. The summed E-state index contributed by atoms with van der Waals surface area (Å²) < 4.78 is 7.60. The summed E-state index contributed by atoms with van der Waals surface area (Å²) in [6.45, 7) is 2.22. The minimum atomic E-state index is -0.341. The monoisotopic (exact) mass is 327 g/mol. The lowest BCUT2D eigenvalue weighted by Gasteiger charge is -2.05. The molecule has 0 aliphatic carbocycles. The Morgan fingerprint density at radius 2 is 2.37 bits per heavy atom. The van der Waals surface area contributed by atoms with E-state index < -0.39 is 0 Å². The fourth-order valence-corrected chi connectivity index (χ4v) is 1.91. The van der Waals surface area contributed by atoms with Crippen molar-refractivity contribution < 1.29 is 9.21 Å².